The number of carbonyl (C=O) groups excluding carboxylic acids is 1. The second-order valence-electron chi connectivity index (χ2n) is 6.15. The molecule has 2 N–H and O–H groups in total. The van der Waals surface area contributed by atoms with E-state index in [1.807, 2.05) is 27.7 Å². The van der Waals surface area contributed by atoms with Gasteiger partial charge in [0.15, 0.2) is 0 Å². The van der Waals surface area contributed by atoms with Crippen LogP contribution >= 0.6 is 11.3 Å². The van der Waals surface area contributed by atoms with Gasteiger partial charge in [0.25, 0.3) is 15.9 Å². The van der Waals surface area contributed by atoms with E-state index >= 15 is 0 Å². The molecule has 2 rings (SSSR count). The van der Waals surface area contributed by atoms with Crippen LogP contribution in [0.4, 0.5) is 0 Å². The molecule has 1 aromatic heterocycles. The summed E-state index contributed by atoms with van der Waals surface area (Å²) in [6.07, 6.45) is 0. The Balaban J connectivity index is 2.39. The van der Waals surface area contributed by atoms with Gasteiger partial charge in [-0.2, -0.15) is 4.99 Å². The fourth-order valence-corrected chi connectivity index (χ4v) is 4.07. The highest BCUT2D eigenvalue weighted by Gasteiger charge is 2.68. The van der Waals surface area contributed by atoms with Crippen molar-refractivity contribution in [2.75, 3.05) is 0 Å². The number of hydrogen-bond donors (Lipinski definition) is 1. The minimum Gasteiger partial charge on any atom is -0.272 e. The average molecular weight is 318 g/mol. The molecule has 20 heavy (non-hydrogen) atoms. The number of sulfonamides is 1. The number of hydrogen-bond acceptors (Lipinski definition) is 5. The minimum atomic E-state index is -3.88. The lowest BCUT2D eigenvalue weighted by molar-refractivity contribution is -0.120. The van der Waals surface area contributed by atoms with Crippen LogP contribution in [0.15, 0.2) is 9.33 Å². The molecular formula is C11H18N4O3S2. The molecule has 0 radical (unpaired) electrons. The van der Waals surface area contributed by atoms with Crippen LogP contribution in [0.5, 0.6) is 0 Å². The van der Waals surface area contributed by atoms with Crippen LogP contribution < -0.4 is 9.94 Å². The topological polar surface area (TPSA) is 107 Å². The highest BCUT2D eigenvalue weighted by Crippen LogP contribution is 2.68. The van der Waals surface area contributed by atoms with E-state index in [4.69, 9.17) is 5.14 Å². The summed E-state index contributed by atoms with van der Waals surface area (Å²) in [6, 6.07) is 0. The molecule has 7 nitrogen and oxygen atoms in total. The van der Waals surface area contributed by atoms with Gasteiger partial charge in [0, 0.05) is 7.05 Å². The Hall–Kier alpha value is -1.06. The first-order valence-corrected chi connectivity index (χ1v) is 8.41. The van der Waals surface area contributed by atoms with Crippen molar-refractivity contribution in [1.82, 2.24) is 9.78 Å². The van der Waals surface area contributed by atoms with Gasteiger partial charge in [-0.3, -0.25) is 4.79 Å². The minimum absolute atomic E-state index is 0.111. The molecule has 1 fully saturated rings. The van der Waals surface area contributed by atoms with Crippen LogP contribution in [0, 0.1) is 16.7 Å². The highest BCUT2D eigenvalue weighted by molar-refractivity contribution is 7.91. The molecular weight excluding hydrogens is 300 g/mol. The van der Waals surface area contributed by atoms with Gasteiger partial charge < -0.3 is 0 Å². The molecule has 9 heteroatoms. The first-order chi connectivity index (χ1) is 8.89. The van der Waals surface area contributed by atoms with Gasteiger partial charge in [0.2, 0.25) is 9.14 Å². The maximum absolute atomic E-state index is 12.2. The molecule has 112 valence electrons. The Morgan fingerprint density at radius 1 is 1.35 bits per heavy atom. The fraction of sp³-hybridized carbons (Fsp3) is 0.727. The Morgan fingerprint density at radius 3 is 2.20 bits per heavy atom. The lowest BCUT2D eigenvalue weighted by atomic mass is 10.0. The van der Waals surface area contributed by atoms with E-state index < -0.39 is 10.0 Å². The van der Waals surface area contributed by atoms with Gasteiger partial charge in [-0.25, -0.2) is 18.2 Å². The molecule has 1 aliphatic rings. The summed E-state index contributed by atoms with van der Waals surface area (Å²) in [7, 11) is -2.35. The van der Waals surface area contributed by atoms with Crippen molar-refractivity contribution >= 4 is 27.3 Å². The number of aryl methyl sites for hydroxylation is 1. The summed E-state index contributed by atoms with van der Waals surface area (Å²) in [5.74, 6) is -0.421. The van der Waals surface area contributed by atoms with E-state index in [-0.39, 0.29) is 31.8 Å². The van der Waals surface area contributed by atoms with Crippen LogP contribution in [0.3, 0.4) is 0 Å². The van der Waals surface area contributed by atoms with Crippen LogP contribution in [-0.4, -0.2) is 24.1 Å². The predicted molar refractivity (Wildman–Crippen MR) is 74.1 cm³/mol. The predicted octanol–water partition coefficient (Wildman–Crippen LogP) is 0.238. The van der Waals surface area contributed by atoms with Crippen LogP contribution in [0.2, 0.25) is 0 Å². The maximum Gasteiger partial charge on any atom is 0.267 e. The maximum atomic E-state index is 12.2. The van der Waals surface area contributed by atoms with Gasteiger partial charge in [-0.05, 0) is 10.8 Å². The number of carbonyl (C=O) groups is 1. The summed E-state index contributed by atoms with van der Waals surface area (Å²) in [4.78, 5) is 16.5. The fourth-order valence-electron chi connectivity index (χ4n) is 2.51. The first kappa shape index (κ1) is 15.3. The van der Waals surface area contributed by atoms with E-state index in [0.717, 1.165) is 11.3 Å². The molecule has 1 saturated carbocycles. The number of nitrogens with zero attached hydrogens (tertiary/aromatic N) is 3. The third-order valence-corrected chi connectivity index (χ3v) is 6.71. The second-order valence-corrected chi connectivity index (χ2v) is 8.84. The van der Waals surface area contributed by atoms with Gasteiger partial charge >= 0.3 is 0 Å². The van der Waals surface area contributed by atoms with Crippen molar-refractivity contribution in [3.8, 4) is 0 Å². The van der Waals surface area contributed by atoms with Crippen molar-refractivity contribution in [3.05, 3.63) is 4.80 Å². The summed E-state index contributed by atoms with van der Waals surface area (Å²) >= 11 is 0.792. The Morgan fingerprint density at radius 2 is 1.85 bits per heavy atom. The number of aromatic nitrogens is 2. The standard InChI is InChI=1S/C11H18N4O3S2/c1-10(2)6(11(10,3)4)7(16)13-8-15(5)14-9(19-8)20(12,17)18/h6H,1-5H3,(H2,12,17,18)/b13-8-. The Labute approximate surface area is 121 Å². The van der Waals surface area contributed by atoms with Gasteiger partial charge in [0.1, 0.15) is 0 Å². The monoisotopic (exact) mass is 318 g/mol. The molecule has 0 unspecified atom stereocenters. The largest absolute Gasteiger partial charge is 0.272 e. The zero-order chi connectivity index (χ0) is 15.5. The van der Waals surface area contributed by atoms with E-state index in [1.165, 1.54) is 11.7 Å². The van der Waals surface area contributed by atoms with E-state index in [0.29, 0.717) is 0 Å². The van der Waals surface area contributed by atoms with Crippen molar-refractivity contribution in [3.63, 3.8) is 0 Å². The highest BCUT2D eigenvalue weighted by atomic mass is 32.2. The molecule has 0 saturated heterocycles. The van der Waals surface area contributed by atoms with Crippen molar-refractivity contribution < 1.29 is 13.2 Å². The third-order valence-electron chi connectivity index (χ3n) is 4.40. The summed E-state index contributed by atoms with van der Waals surface area (Å²) in [6.45, 7) is 8.09. The molecule has 1 heterocycles. The van der Waals surface area contributed by atoms with Gasteiger partial charge in [-0.15, -0.1) is 5.10 Å². The molecule has 0 atom stereocenters. The number of rotatable bonds is 2. The smallest absolute Gasteiger partial charge is 0.267 e. The lowest BCUT2D eigenvalue weighted by Crippen LogP contribution is -2.16. The molecule has 1 amide bonds. The first-order valence-electron chi connectivity index (χ1n) is 6.04. The second kappa shape index (κ2) is 4.22. The normalized spacial score (nSPS) is 22.0. The zero-order valence-corrected chi connectivity index (χ0v) is 13.7. The SMILES string of the molecule is Cn1nc(S(N)(=O)=O)s/c1=N\C(=O)C1C(C)(C)C1(C)C. The number of primary sulfonamides is 1. The summed E-state index contributed by atoms with van der Waals surface area (Å²) < 4.78 is 23.5. The van der Waals surface area contributed by atoms with Gasteiger partial charge in [-0.1, -0.05) is 39.0 Å². The zero-order valence-electron chi connectivity index (χ0n) is 12.0. The van der Waals surface area contributed by atoms with E-state index in [9.17, 15) is 13.2 Å². The van der Waals surface area contributed by atoms with Crippen LogP contribution in [-0.2, 0) is 21.9 Å². The average Bonchev–Trinajstić information content (AvgIpc) is 2.53. The number of amides is 1. The molecule has 0 bridgehead atoms. The molecule has 0 aromatic carbocycles. The summed E-state index contributed by atoms with van der Waals surface area (Å²) in [5.41, 5.74) is -0.223. The third kappa shape index (κ3) is 2.23. The van der Waals surface area contributed by atoms with E-state index in [2.05, 4.69) is 10.1 Å². The molecule has 0 aliphatic heterocycles. The van der Waals surface area contributed by atoms with Crippen LogP contribution in [0.1, 0.15) is 27.7 Å². The lowest BCUT2D eigenvalue weighted by Gasteiger charge is -2.03. The van der Waals surface area contributed by atoms with Crippen molar-refractivity contribution in [1.29, 1.82) is 0 Å². The molecule has 1 aliphatic carbocycles. The van der Waals surface area contributed by atoms with E-state index in [1.54, 1.807) is 0 Å². The molecule has 0 spiro atoms. The number of nitrogens with two attached hydrogens (primary N) is 1. The summed E-state index contributed by atoms with van der Waals surface area (Å²) in [5, 5.41) is 8.77. The Kier molecular flexibility index (Phi) is 3.23. The quantitative estimate of drug-likeness (QED) is 0.842. The van der Waals surface area contributed by atoms with Crippen LogP contribution in [0.25, 0.3) is 0 Å². The van der Waals surface area contributed by atoms with Gasteiger partial charge in [0.05, 0.1) is 5.92 Å². The Bertz CT molecular complexity index is 726. The van der Waals surface area contributed by atoms with Crippen molar-refractivity contribution in [2.24, 2.45) is 33.9 Å². The van der Waals surface area contributed by atoms with Crippen molar-refractivity contribution in [2.45, 2.75) is 32.0 Å². The molecule has 1 aromatic rings.